The Balaban J connectivity index is 2.55. The lowest BCUT2D eigenvalue weighted by molar-refractivity contribution is -0.139. The largest absolute Gasteiger partial charge is 0.339 e. The zero-order valence-corrected chi connectivity index (χ0v) is 9.79. The molecule has 0 spiro atoms. The molecule has 0 bridgehead atoms. The minimum atomic E-state index is -0.881. The highest BCUT2D eigenvalue weighted by Crippen LogP contribution is 2.18. The summed E-state index contributed by atoms with van der Waals surface area (Å²) in [5.41, 5.74) is -0.881. The van der Waals surface area contributed by atoms with Crippen LogP contribution in [-0.2, 0) is 4.79 Å². The van der Waals surface area contributed by atoms with E-state index in [1.165, 1.54) is 0 Å². The smallest absolute Gasteiger partial charge is 0.242 e. The van der Waals surface area contributed by atoms with Crippen molar-refractivity contribution in [1.82, 2.24) is 9.80 Å². The molecule has 0 aromatic carbocycles. The second kappa shape index (κ2) is 4.63. The van der Waals surface area contributed by atoms with E-state index in [2.05, 4.69) is 17.9 Å². The monoisotopic (exact) mass is 209 g/mol. The molecule has 1 fully saturated rings. The standard InChI is InChI=1S/C11H19N3O/c1-4-13-5-7-14(8-6-13)10(15)11(2,3)9-12/h4-8H2,1-3H3. The van der Waals surface area contributed by atoms with Crippen molar-refractivity contribution in [3.63, 3.8) is 0 Å². The number of rotatable bonds is 2. The van der Waals surface area contributed by atoms with Gasteiger partial charge in [-0.2, -0.15) is 5.26 Å². The van der Waals surface area contributed by atoms with E-state index in [0.717, 1.165) is 32.7 Å². The van der Waals surface area contributed by atoms with Crippen LogP contribution in [0.1, 0.15) is 20.8 Å². The Labute approximate surface area is 91.5 Å². The van der Waals surface area contributed by atoms with Crippen LogP contribution in [-0.4, -0.2) is 48.4 Å². The van der Waals surface area contributed by atoms with Gasteiger partial charge in [0.25, 0.3) is 0 Å². The third kappa shape index (κ3) is 2.69. The summed E-state index contributed by atoms with van der Waals surface area (Å²) in [4.78, 5) is 16.0. The number of hydrogen-bond acceptors (Lipinski definition) is 3. The molecule has 84 valence electrons. The molecule has 0 aromatic rings. The maximum absolute atomic E-state index is 11.9. The van der Waals surface area contributed by atoms with Crippen molar-refractivity contribution in [2.24, 2.45) is 5.41 Å². The second-order valence-electron chi connectivity index (χ2n) is 4.46. The highest BCUT2D eigenvalue weighted by atomic mass is 16.2. The molecule has 4 nitrogen and oxygen atoms in total. The number of carbonyl (C=O) groups is 1. The van der Waals surface area contributed by atoms with Crippen molar-refractivity contribution in [3.8, 4) is 6.07 Å². The van der Waals surface area contributed by atoms with Crippen LogP contribution in [0.15, 0.2) is 0 Å². The number of piperazine rings is 1. The first kappa shape index (κ1) is 12.0. The Morgan fingerprint density at radius 1 is 1.33 bits per heavy atom. The van der Waals surface area contributed by atoms with E-state index < -0.39 is 5.41 Å². The molecular formula is C11H19N3O. The van der Waals surface area contributed by atoms with E-state index in [4.69, 9.17) is 5.26 Å². The van der Waals surface area contributed by atoms with Crippen molar-refractivity contribution >= 4 is 5.91 Å². The fourth-order valence-corrected chi connectivity index (χ4v) is 1.71. The molecule has 1 rings (SSSR count). The van der Waals surface area contributed by atoms with Gasteiger partial charge in [-0.1, -0.05) is 6.92 Å². The van der Waals surface area contributed by atoms with Crippen LogP contribution in [0.2, 0.25) is 0 Å². The molecule has 1 aliphatic rings. The molecule has 0 radical (unpaired) electrons. The predicted molar refractivity (Wildman–Crippen MR) is 58.1 cm³/mol. The van der Waals surface area contributed by atoms with Gasteiger partial charge in [-0.15, -0.1) is 0 Å². The van der Waals surface area contributed by atoms with E-state index >= 15 is 0 Å². The number of hydrogen-bond donors (Lipinski definition) is 0. The molecular weight excluding hydrogens is 190 g/mol. The molecule has 0 unspecified atom stereocenters. The Hall–Kier alpha value is -1.08. The van der Waals surface area contributed by atoms with Gasteiger partial charge >= 0.3 is 0 Å². The second-order valence-corrected chi connectivity index (χ2v) is 4.46. The summed E-state index contributed by atoms with van der Waals surface area (Å²) in [6, 6.07) is 2.06. The molecule has 1 saturated heterocycles. The average Bonchev–Trinajstić information content (AvgIpc) is 2.28. The van der Waals surface area contributed by atoms with Gasteiger partial charge in [-0.25, -0.2) is 0 Å². The van der Waals surface area contributed by atoms with Gasteiger partial charge in [0.1, 0.15) is 5.41 Å². The first-order valence-corrected chi connectivity index (χ1v) is 5.44. The highest BCUT2D eigenvalue weighted by Gasteiger charge is 2.33. The molecule has 4 heteroatoms. The molecule has 15 heavy (non-hydrogen) atoms. The molecule has 1 aliphatic heterocycles. The van der Waals surface area contributed by atoms with Crippen LogP contribution in [0.25, 0.3) is 0 Å². The molecule has 0 aromatic heterocycles. The van der Waals surface area contributed by atoms with E-state index in [9.17, 15) is 4.79 Å². The Morgan fingerprint density at radius 3 is 2.27 bits per heavy atom. The van der Waals surface area contributed by atoms with Crippen LogP contribution in [0.3, 0.4) is 0 Å². The van der Waals surface area contributed by atoms with Crippen molar-refractivity contribution in [2.45, 2.75) is 20.8 Å². The summed E-state index contributed by atoms with van der Waals surface area (Å²) in [5.74, 6) is -0.0410. The topological polar surface area (TPSA) is 47.3 Å². The number of carbonyl (C=O) groups excluding carboxylic acids is 1. The van der Waals surface area contributed by atoms with Crippen molar-refractivity contribution in [3.05, 3.63) is 0 Å². The summed E-state index contributed by atoms with van der Waals surface area (Å²) in [5, 5.41) is 8.89. The summed E-state index contributed by atoms with van der Waals surface area (Å²) < 4.78 is 0. The van der Waals surface area contributed by atoms with Gasteiger partial charge in [0.2, 0.25) is 5.91 Å². The predicted octanol–water partition coefficient (Wildman–Crippen LogP) is 0.700. The van der Waals surface area contributed by atoms with Gasteiger partial charge in [0, 0.05) is 26.2 Å². The fourth-order valence-electron chi connectivity index (χ4n) is 1.71. The SMILES string of the molecule is CCN1CCN(C(=O)C(C)(C)C#N)CC1. The molecule has 1 heterocycles. The Kier molecular flexibility index (Phi) is 3.70. The number of nitriles is 1. The summed E-state index contributed by atoms with van der Waals surface area (Å²) in [6.07, 6.45) is 0. The van der Waals surface area contributed by atoms with E-state index in [1.807, 2.05) is 0 Å². The van der Waals surface area contributed by atoms with Crippen molar-refractivity contribution in [1.29, 1.82) is 5.26 Å². The summed E-state index contributed by atoms with van der Waals surface area (Å²) >= 11 is 0. The van der Waals surface area contributed by atoms with E-state index in [-0.39, 0.29) is 5.91 Å². The third-order valence-electron chi connectivity index (χ3n) is 2.92. The lowest BCUT2D eigenvalue weighted by Gasteiger charge is -2.36. The minimum Gasteiger partial charge on any atom is -0.339 e. The summed E-state index contributed by atoms with van der Waals surface area (Å²) in [6.45, 7) is 9.85. The van der Waals surface area contributed by atoms with Gasteiger partial charge < -0.3 is 9.80 Å². The Morgan fingerprint density at radius 2 is 1.87 bits per heavy atom. The van der Waals surface area contributed by atoms with Crippen molar-refractivity contribution in [2.75, 3.05) is 32.7 Å². The molecule has 1 amide bonds. The zero-order valence-electron chi connectivity index (χ0n) is 9.79. The van der Waals surface area contributed by atoms with Gasteiger partial charge in [0.15, 0.2) is 0 Å². The van der Waals surface area contributed by atoms with Gasteiger partial charge in [0.05, 0.1) is 6.07 Å². The average molecular weight is 209 g/mol. The van der Waals surface area contributed by atoms with E-state index in [0.29, 0.717) is 0 Å². The lowest BCUT2D eigenvalue weighted by Crippen LogP contribution is -2.51. The molecule has 0 atom stereocenters. The normalized spacial score (nSPS) is 18.7. The van der Waals surface area contributed by atoms with E-state index in [1.54, 1.807) is 18.7 Å². The zero-order chi connectivity index (χ0) is 11.5. The van der Waals surface area contributed by atoms with Crippen LogP contribution in [0, 0.1) is 16.7 Å². The quantitative estimate of drug-likeness (QED) is 0.672. The maximum atomic E-state index is 11.9. The maximum Gasteiger partial charge on any atom is 0.242 e. The summed E-state index contributed by atoms with van der Waals surface area (Å²) in [7, 11) is 0. The fraction of sp³-hybridized carbons (Fsp3) is 0.818. The number of nitrogens with zero attached hydrogens (tertiary/aromatic N) is 3. The third-order valence-corrected chi connectivity index (χ3v) is 2.92. The van der Waals surface area contributed by atoms with Gasteiger partial charge in [-0.05, 0) is 20.4 Å². The molecule has 0 aliphatic carbocycles. The highest BCUT2D eigenvalue weighted by molar-refractivity contribution is 5.84. The van der Waals surface area contributed by atoms with Crippen LogP contribution in [0.4, 0.5) is 0 Å². The number of amides is 1. The van der Waals surface area contributed by atoms with Crippen LogP contribution in [0.5, 0.6) is 0 Å². The lowest BCUT2D eigenvalue weighted by atomic mass is 9.93. The first-order valence-electron chi connectivity index (χ1n) is 5.44. The van der Waals surface area contributed by atoms with Gasteiger partial charge in [-0.3, -0.25) is 4.79 Å². The first-order chi connectivity index (χ1) is 7.01. The Bertz CT molecular complexity index is 272. The van der Waals surface area contributed by atoms with Crippen molar-refractivity contribution < 1.29 is 4.79 Å². The van der Waals surface area contributed by atoms with Crippen LogP contribution >= 0.6 is 0 Å². The minimum absolute atomic E-state index is 0.0410. The molecule has 0 saturated carbocycles. The van der Waals surface area contributed by atoms with Crippen LogP contribution < -0.4 is 0 Å². The number of likely N-dealkylation sites (N-methyl/N-ethyl adjacent to an activating group) is 1. The molecule has 0 N–H and O–H groups in total.